The molecule has 0 aliphatic rings. The van der Waals surface area contributed by atoms with Gasteiger partial charge in [-0.05, 0) is 36.8 Å². The molecule has 1 aromatic carbocycles. The van der Waals surface area contributed by atoms with E-state index in [2.05, 4.69) is 10.5 Å². The largest absolute Gasteiger partial charge is 0.463 e. The molecule has 0 unspecified atom stereocenters. The predicted octanol–water partition coefficient (Wildman–Crippen LogP) is 3.03. The molecule has 0 spiro atoms. The molecule has 0 radical (unpaired) electrons. The van der Waals surface area contributed by atoms with Crippen molar-refractivity contribution in [3.8, 4) is 0 Å². The fraction of sp³-hybridized carbons (Fsp3) is 0.0833. The van der Waals surface area contributed by atoms with Crippen LogP contribution < -0.4 is 5.43 Å². The summed E-state index contributed by atoms with van der Waals surface area (Å²) < 4.78 is 5.11. The Labute approximate surface area is 88.4 Å². The van der Waals surface area contributed by atoms with Crippen LogP contribution in [0.5, 0.6) is 0 Å². The first-order chi connectivity index (χ1) is 7.34. The van der Waals surface area contributed by atoms with Gasteiger partial charge in [0.1, 0.15) is 5.76 Å². The van der Waals surface area contributed by atoms with Crippen LogP contribution in [-0.4, -0.2) is 6.21 Å². The van der Waals surface area contributed by atoms with Gasteiger partial charge < -0.3 is 4.42 Å². The van der Waals surface area contributed by atoms with E-state index in [1.165, 1.54) is 5.56 Å². The summed E-state index contributed by atoms with van der Waals surface area (Å²) in [5, 5.41) is 4.06. The van der Waals surface area contributed by atoms with Gasteiger partial charge in [-0.15, -0.1) is 0 Å². The summed E-state index contributed by atoms with van der Waals surface area (Å²) >= 11 is 0. The second-order valence-corrected chi connectivity index (χ2v) is 3.25. The van der Waals surface area contributed by atoms with Gasteiger partial charge in [-0.3, -0.25) is 5.43 Å². The van der Waals surface area contributed by atoms with E-state index >= 15 is 0 Å². The minimum Gasteiger partial charge on any atom is -0.463 e. The first-order valence-corrected chi connectivity index (χ1v) is 4.74. The Kier molecular flexibility index (Phi) is 2.83. The van der Waals surface area contributed by atoms with E-state index in [9.17, 15) is 0 Å². The van der Waals surface area contributed by atoms with E-state index in [4.69, 9.17) is 4.42 Å². The van der Waals surface area contributed by atoms with Crippen molar-refractivity contribution < 1.29 is 4.42 Å². The van der Waals surface area contributed by atoms with E-state index in [1.54, 1.807) is 12.5 Å². The summed E-state index contributed by atoms with van der Waals surface area (Å²) in [7, 11) is 0. The third-order valence-corrected chi connectivity index (χ3v) is 1.95. The maximum atomic E-state index is 5.11. The van der Waals surface area contributed by atoms with Gasteiger partial charge in [0, 0.05) is 0 Å². The quantitative estimate of drug-likeness (QED) is 0.610. The van der Waals surface area contributed by atoms with Crippen LogP contribution in [-0.2, 0) is 0 Å². The van der Waals surface area contributed by atoms with Crippen LogP contribution in [0.25, 0.3) is 0 Å². The summed E-state index contributed by atoms with van der Waals surface area (Å²) in [5.41, 5.74) is 5.11. The Morgan fingerprint density at radius 2 is 2.20 bits per heavy atom. The molecule has 2 rings (SSSR count). The molecular weight excluding hydrogens is 188 g/mol. The highest BCUT2D eigenvalue weighted by Crippen LogP contribution is 2.09. The number of benzene rings is 1. The highest BCUT2D eigenvalue weighted by molar-refractivity contribution is 5.76. The molecule has 0 fully saturated rings. The Morgan fingerprint density at radius 3 is 2.93 bits per heavy atom. The monoisotopic (exact) mass is 200 g/mol. The highest BCUT2D eigenvalue weighted by Gasteiger charge is 1.90. The highest BCUT2D eigenvalue weighted by atomic mass is 16.3. The van der Waals surface area contributed by atoms with E-state index in [-0.39, 0.29) is 0 Å². The second-order valence-electron chi connectivity index (χ2n) is 3.25. The lowest BCUT2D eigenvalue weighted by atomic mass is 10.2. The zero-order chi connectivity index (χ0) is 10.5. The van der Waals surface area contributed by atoms with Gasteiger partial charge in [0.25, 0.3) is 0 Å². The first-order valence-electron chi connectivity index (χ1n) is 4.74. The number of hydrogen-bond acceptors (Lipinski definition) is 3. The summed E-state index contributed by atoms with van der Waals surface area (Å²) in [4.78, 5) is 0. The van der Waals surface area contributed by atoms with E-state index < -0.39 is 0 Å². The van der Waals surface area contributed by atoms with E-state index in [1.807, 2.05) is 43.3 Å². The third kappa shape index (κ3) is 2.71. The number of anilines is 1. The van der Waals surface area contributed by atoms with E-state index in [0.29, 0.717) is 0 Å². The van der Waals surface area contributed by atoms with Crippen molar-refractivity contribution in [1.29, 1.82) is 0 Å². The number of aryl methyl sites for hydroxylation is 1. The minimum atomic E-state index is 0.732. The van der Waals surface area contributed by atoms with Gasteiger partial charge in [0.05, 0.1) is 18.2 Å². The molecule has 3 heteroatoms. The Hall–Kier alpha value is -2.03. The van der Waals surface area contributed by atoms with Gasteiger partial charge in [0.15, 0.2) is 0 Å². The molecule has 1 N–H and O–H groups in total. The summed E-state index contributed by atoms with van der Waals surface area (Å²) in [5.74, 6) is 0.732. The summed E-state index contributed by atoms with van der Waals surface area (Å²) in [6.45, 7) is 2.04. The van der Waals surface area contributed by atoms with Gasteiger partial charge >= 0.3 is 0 Å². The van der Waals surface area contributed by atoms with Crippen molar-refractivity contribution in [3.05, 3.63) is 54.0 Å². The molecule has 0 bridgehead atoms. The number of nitrogens with one attached hydrogen (secondary N) is 1. The molecule has 2 aromatic rings. The first kappa shape index (κ1) is 9.52. The topological polar surface area (TPSA) is 37.5 Å². The number of nitrogens with zero attached hydrogens (tertiary/aromatic N) is 1. The fourth-order valence-corrected chi connectivity index (χ4v) is 1.25. The van der Waals surface area contributed by atoms with Crippen LogP contribution in [0.2, 0.25) is 0 Å². The van der Waals surface area contributed by atoms with Crippen molar-refractivity contribution in [1.82, 2.24) is 0 Å². The average Bonchev–Trinajstić information content (AvgIpc) is 2.71. The van der Waals surface area contributed by atoms with Crippen LogP contribution in [0.1, 0.15) is 11.3 Å². The number of furan rings is 1. The summed E-state index contributed by atoms with van der Waals surface area (Å²) in [6.07, 6.45) is 3.26. The number of rotatable bonds is 3. The smallest absolute Gasteiger partial charge is 0.146 e. The lowest BCUT2D eigenvalue weighted by Gasteiger charge is -1.99. The number of hydrazone groups is 1. The molecule has 15 heavy (non-hydrogen) atoms. The van der Waals surface area contributed by atoms with Crippen molar-refractivity contribution in [2.45, 2.75) is 6.92 Å². The molecule has 0 aliphatic heterocycles. The van der Waals surface area contributed by atoms with Crippen molar-refractivity contribution in [2.24, 2.45) is 5.10 Å². The Morgan fingerprint density at radius 1 is 1.27 bits per heavy atom. The van der Waals surface area contributed by atoms with Gasteiger partial charge in [-0.2, -0.15) is 5.10 Å². The zero-order valence-corrected chi connectivity index (χ0v) is 8.47. The lowest BCUT2D eigenvalue weighted by molar-refractivity contribution is 0.560. The van der Waals surface area contributed by atoms with Crippen LogP contribution >= 0.6 is 0 Å². The molecule has 1 aromatic heterocycles. The Bertz CT molecular complexity index is 446. The molecule has 0 aliphatic carbocycles. The molecule has 0 saturated heterocycles. The van der Waals surface area contributed by atoms with Gasteiger partial charge in [0.2, 0.25) is 0 Å². The molecular formula is C12H12N2O. The van der Waals surface area contributed by atoms with Crippen molar-refractivity contribution in [3.63, 3.8) is 0 Å². The van der Waals surface area contributed by atoms with Crippen LogP contribution in [0.4, 0.5) is 5.69 Å². The fourth-order valence-electron chi connectivity index (χ4n) is 1.25. The summed E-state index contributed by atoms with van der Waals surface area (Å²) in [6, 6.07) is 11.7. The number of hydrogen-bond donors (Lipinski definition) is 1. The Balaban J connectivity index is 1.99. The lowest BCUT2D eigenvalue weighted by Crippen LogP contribution is -1.89. The standard InChI is InChI=1S/C12H12N2O/c1-10-4-2-5-11(8-10)14-13-9-12-6-3-7-15-12/h2-9,14H,1H3/b13-9-. The SMILES string of the molecule is Cc1cccc(N/N=C\c2ccco2)c1. The van der Waals surface area contributed by atoms with Crippen molar-refractivity contribution in [2.75, 3.05) is 5.43 Å². The average molecular weight is 200 g/mol. The maximum Gasteiger partial charge on any atom is 0.146 e. The van der Waals surface area contributed by atoms with E-state index in [0.717, 1.165) is 11.4 Å². The van der Waals surface area contributed by atoms with Crippen LogP contribution in [0.15, 0.2) is 52.2 Å². The predicted molar refractivity (Wildman–Crippen MR) is 61.1 cm³/mol. The molecule has 0 saturated carbocycles. The minimum absolute atomic E-state index is 0.732. The second kappa shape index (κ2) is 4.46. The third-order valence-electron chi connectivity index (χ3n) is 1.95. The molecule has 1 heterocycles. The molecule has 76 valence electrons. The molecule has 0 amide bonds. The maximum absolute atomic E-state index is 5.11. The van der Waals surface area contributed by atoms with Crippen LogP contribution in [0.3, 0.4) is 0 Å². The normalized spacial score (nSPS) is 10.7. The van der Waals surface area contributed by atoms with Gasteiger partial charge in [-0.25, -0.2) is 0 Å². The molecule has 3 nitrogen and oxygen atoms in total. The molecule has 0 atom stereocenters. The van der Waals surface area contributed by atoms with Crippen molar-refractivity contribution >= 4 is 11.9 Å². The van der Waals surface area contributed by atoms with Gasteiger partial charge in [-0.1, -0.05) is 12.1 Å². The zero-order valence-electron chi connectivity index (χ0n) is 8.47. The van der Waals surface area contributed by atoms with Crippen LogP contribution in [0, 0.1) is 6.92 Å².